The maximum absolute atomic E-state index is 5.12. The summed E-state index contributed by atoms with van der Waals surface area (Å²) in [6.07, 6.45) is 2.25. The second-order valence-electron chi connectivity index (χ2n) is 2.33. The molecule has 0 fully saturated rings. The van der Waals surface area contributed by atoms with Gasteiger partial charge in [0, 0.05) is 13.5 Å². The van der Waals surface area contributed by atoms with Gasteiger partial charge in [0.2, 0.25) is 0 Å². The lowest BCUT2D eigenvalue weighted by Gasteiger charge is -2.18. The third kappa shape index (κ3) is 1.70. The summed E-state index contributed by atoms with van der Waals surface area (Å²) >= 11 is 0. The van der Waals surface area contributed by atoms with Crippen molar-refractivity contribution in [1.82, 2.24) is 0 Å². The Kier molecular flexibility index (Phi) is 2.68. The quantitative estimate of drug-likeness (QED) is 0.544. The molecule has 0 N–H and O–H groups in total. The molecule has 0 bridgehead atoms. The minimum atomic E-state index is 0.305. The molecule has 0 saturated heterocycles. The van der Waals surface area contributed by atoms with Crippen LogP contribution in [0.25, 0.3) is 0 Å². The smallest absolute Gasteiger partial charge is 0.183 e. The molecule has 3 nitrogen and oxygen atoms in total. The Hall–Kier alpha value is -0.570. The predicted molar refractivity (Wildman–Crippen MR) is 39.3 cm³/mol. The third-order valence-electron chi connectivity index (χ3n) is 1.72. The van der Waals surface area contributed by atoms with Crippen LogP contribution in [0.2, 0.25) is 0 Å². The lowest BCUT2D eigenvalue weighted by Crippen LogP contribution is -2.22. The number of aliphatic imine (C=N–C) groups is 1. The molecule has 58 valence electrons. The zero-order valence-corrected chi connectivity index (χ0v) is 6.46. The third-order valence-corrected chi connectivity index (χ3v) is 1.72. The highest BCUT2D eigenvalue weighted by Crippen LogP contribution is 2.09. The first-order valence-electron chi connectivity index (χ1n) is 3.47. The van der Waals surface area contributed by atoms with E-state index in [2.05, 4.69) is 4.99 Å². The van der Waals surface area contributed by atoms with Crippen LogP contribution >= 0.6 is 0 Å². The van der Waals surface area contributed by atoms with E-state index < -0.39 is 0 Å². The predicted octanol–water partition coefficient (Wildman–Crippen LogP) is 0.840. The van der Waals surface area contributed by atoms with Gasteiger partial charge in [-0.3, -0.25) is 4.99 Å². The molecule has 10 heavy (non-hydrogen) atoms. The normalized spacial score (nSPS) is 25.8. The molecule has 1 atom stereocenters. The summed E-state index contributed by atoms with van der Waals surface area (Å²) in [6.45, 7) is 0.750. The van der Waals surface area contributed by atoms with Gasteiger partial charge in [0.25, 0.3) is 0 Å². The van der Waals surface area contributed by atoms with Crippen LogP contribution in [0.5, 0.6) is 0 Å². The molecule has 1 aliphatic rings. The van der Waals surface area contributed by atoms with Crippen LogP contribution < -0.4 is 0 Å². The van der Waals surface area contributed by atoms with Crippen LogP contribution in [0.15, 0.2) is 4.99 Å². The van der Waals surface area contributed by atoms with E-state index in [4.69, 9.17) is 9.47 Å². The van der Waals surface area contributed by atoms with Crippen molar-refractivity contribution in [2.24, 2.45) is 4.99 Å². The molecule has 0 amide bonds. The number of nitrogens with zero attached hydrogens (tertiary/aromatic N) is 1. The SMILES string of the molecule is COC1=NCC(OC)CC1. The standard InChI is InChI=1S/C7H13NO2/c1-9-6-3-4-7(10-2)8-5-6/h6H,3-5H2,1-2H3. The van der Waals surface area contributed by atoms with Gasteiger partial charge in [-0.05, 0) is 6.42 Å². The van der Waals surface area contributed by atoms with Crippen LogP contribution in [-0.4, -0.2) is 32.8 Å². The lowest BCUT2D eigenvalue weighted by atomic mass is 10.1. The molecule has 0 spiro atoms. The summed E-state index contributed by atoms with van der Waals surface area (Å²) in [4.78, 5) is 4.17. The lowest BCUT2D eigenvalue weighted by molar-refractivity contribution is 0.0977. The molecular formula is C7H13NO2. The molecule has 0 aliphatic carbocycles. The minimum absolute atomic E-state index is 0.305. The van der Waals surface area contributed by atoms with E-state index in [0.717, 1.165) is 25.3 Å². The average molecular weight is 143 g/mol. The molecule has 0 aromatic rings. The van der Waals surface area contributed by atoms with Crippen LogP contribution in [-0.2, 0) is 9.47 Å². The molecular weight excluding hydrogens is 130 g/mol. The number of hydrogen-bond acceptors (Lipinski definition) is 3. The second-order valence-corrected chi connectivity index (χ2v) is 2.33. The second kappa shape index (κ2) is 3.56. The fourth-order valence-corrected chi connectivity index (χ4v) is 1.02. The maximum Gasteiger partial charge on any atom is 0.183 e. The molecule has 3 heteroatoms. The van der Waals surface area contributed by atoms with Gasteiger partial charge in [-0.15, -0.1) is 0 Å². The van der Waals surface area contributed by atoms with Crippen molar-refractivity contribution >= 4 is 5.90 Å². The highest BCUT2D eigenvalue weighted by Gasteiger charge is 2.14. The molecule has 1 rings (SSSR count). The van der Waals surface area contributed by atoms with E-state index in [1.807, 2.05) is 0 Å². The van der Waals surface area contributed by atoms with Gasteiger partial charge in [-0.2, -0.15) is 0 Å². The van der Waals surface area contributed by atoms with Gasteiger partial charge < -0.3 is 9.47 Å². The first-order valence-corrected chi connectivity index (χ1v) is 3.47. The van der Waals surface area contributed by atoms with Crippen molar-refractivity contribution in [2.45, 2.75) is 18.9 Å². The van der Waals surface area contributed by atoms with E-state index in [9.17, 15) is 0 Å². The first kappa shape index (κ1) is 7.54. The van der Waals surface area contributed by atoms with Crippen LogP contribution in [0.1, 0.15) is 12.8 Å². The Morgan fingerprint density at radius 3 is 2.70 bits per heavy atom. The Morgan fingerprint density at radius 2 is 2.30 bits per heavy atom. The van der Waals surface area contributed by atoms with Gasteiger partial charge in [0.1, 0.15) is 0 Å². The van der Waals surface area contributed by atoms with Crippen molar-refractivity contribution < 1.29 is 9.47 Å². The number of rotatable bonds is 1. The van der Waals surface area contributed by atoms with Gasteiger partial charge in [-0.25, -0.2) is 0 Å². The maximum atomic E-state index is 5.12. The van der Waals surface area contributed by atoms with Crippen LogP contribution in [0.3, 0.4) is 0 Å². The number of ether oxygens (including phenoxy) is 2. The van der Waals surface area contributed by atoms with E-state index in [1.54, 1.807) is 14.2 Å². The van der Waals surface area contributed by atoms with E-state index >= 15 is 0 Å². The van der Waals surface area contributed by atoms with Crippen molar-refractivity contribution in [1.29, 1.82) is 0 Å². The molecule has 1 unspecified atom stereocenters. The average Bonchev–Trinajstić information content (AvgIpc) is 2.05. The van der Waals surface area contributed by atoms with E-state index in [1.165, 1.54) is 0 Å². The van der Waals surface area contributed by atoms with Gasteiger partial charge in [-0.1, -0.05) is 0 Å². The van der Waals surface area contributed by atoms with E-state index in [-0.39, 0.29) is 0 Å². The fourth-order valence-electron chi connectivity index (χ4n) is 1.02. The summed E-state index contributed by atoms with van der Waals surface area (Å²) in [5, 5.41) is 0. The summed E-state index contributed by atoms with van der Waals surface area (Å²) in [5.74, 6) is 0.855. The molecule has 0 aromatic heterocycles. The Balaban J connectivity index is 2.36. The zero-order chi connectivity index (χ0) is 7.40. The zero-order valence-electron chi connectivity index (χ0n) is 6.46. The van der Waals surface area contributed by atoms with Crippen molar-refractivity contribution in [3.05, 3.63) is 0 Å². The van der Waals surface area contributed by atoms with Gasteiger partial charge in [0.15, 0.2) is 5.90 Å². The fraction of sp³-hybridized carbons (Fsp3) is 0.857. The van der Waals surface area contributed by atoms with Crippen LogP contribution in [0, 0.1) is 0 Å². The van der Waals surface area contributed by atoms with E-state index in [0.29, 0.717) is 6.10 Å². The van der Waals surface area contributed by atoms with Crippen molar-refractivity contribution in [2.75, 3.05) is 20.8 Å². The summed E-state index contributed by atoms with van der Waals surface area (Å²) in [7, 11) is 3.38. The Bertz CT molecular complexity index is 134. The summed E-state index contributed by atoms with van der Waals surface area (Å²) < 4.78 is 10.1. The van der Waals surface area contributed by atoms with Crippen molar-refractivity contribution in [3.63, 3.8) is 0 Å². The van der Waals surface area contributed by atoms with Crippen LogP contribution in [0.4, 0.5) is 0 Å². The molecule has 0 aromatic carbocycles. The number of hydrogen-bond donors (Lipinski definition) is 0. The summed E-state index contributed by atoms with van der Waals surface area (Å²) in [5.41, 5.74) is 0. The first-order chi connectivity index (χ1) is 4.86. The Morgan fingerprint density at radius 1 is 1.50 bits per heavy atom. The molecule has 0 saturated carbocycles. The largest absolute Gasteiger partial charge is 0.484 e. The molecule has 1 heterocycles. The monoisotopic (exact) mass is 143 g/mol. The minimum Gasteiger partial charge on any atom is -0.484 e. The summed E-state index contributed by atoms with van der Waals surface area (Å²) in [6, 6.07) is 0. The highest BCUT2D eigenvalue weighted by molar-refractivity contribution is 5.76. The van der Waals surface area contributed by atoms with Crippen molar-refractivity contribution in [3.8, 4) is 0 Å². The number of methoxy groups -OCH3 is 2. The molecule has 1 aliphatic heterocycles. The Labute approximate surface area is 61.0 Å². The van der Waals surface area contributed by atoms with Gasteiger partial charge in [0.05, 0.1) is 19.8 Å². The highest BCUT2D eigenvalue weighted by atomic mass is 16.5. The van der Waals surface area contributed by atoms with Gasteiger partial charge >= 0.3 is 0 Å². The topological polar surface area (TPSA) is 30.8 Å². The molecule has 0 radical (unpaired) electrons.